The lowest BCUT2D eigenvalue weighted by Crippen LogP contribution is -2.59. The smallest absolute Gasteiger partial charge is 0.353 e. The Labute approximate surface area is 194 Å². The van der Waals surface area contributed by atoms with Gasteiger partial charge in [0.2, 0.25) is 5.91 Å². The van der Waals surface area contributed by atoms with Crippen LogP contribution in [0, 0.1) is 22.7 Å². The first-order valence-corrected chi connectivity index (χ1v) is 10.9. The van der Waals surface area contributed by atoms with Gasteiger partial charge in [0.1, 0.15) is 10.6 Å². The fourth-order valence-corrected chi connectivity index (χ4v) is 5.94. The standard InChI is InChI=1S/C24H19N3O5S/c25-12-14-3-1-5-16(7-14)18(28)9-20-22(23(31)32)27-21(30)11-24(27,33-20)10-19(29)17-6-2-4-15(8-17)13-26/h1-8,18-19,28-29H,9-11H2,(H,31,32)/t18-,19-,24?/m0/s1. The first kappa shape index (κ1) is 22.6. The maximum atomic E-state index is 12.4. The molecule has 2 aliphatic heterocycles. The molecule has 2 aromatic rings. The third-order valence-electron chi connectivity index (χ3n) is 5.78. The van der Waals surface area contributed by atoms with Gasteiger partial charge in [0.15, 0.2) is 0 Å². The van der Waals surface area contributed by atoms with Crippen molar-refractivity contribution >= 4 is 23.6 Å². The summed E-state index contributed by atoms with van der Waals surface area (Å²) >= 11 is 1.17. The van der Waals surface area contributed by atoms with E-state index in [0.29, 0.717) is 27.2 Å². The summed E-state index contributed by atoms with van der Waals surface area (Å²) in [6, 6.07) is 16.9. The third kappa shape index (κ3) is 4.10. The van der Waals surface area contributed by atoms with Crippen molar-refractivity contribution in [1.29, 1.82) is 10.5 Å². The van der Waals surface area contributed by atoms with E-state index in [9.17, 15) is 24.9 Å². The number of carbonyl (C=O) groups excluding carboxylic acids is 1. The molecule has 0 bridgehead atoms. The van der Waals surface area contributed by atoms with Crippen LogP contribution in [0.1, 0.15) is 53.7 Å². The Hall–Kier alpha value is -3.63. The summed E-state index contributed by atoms with van der Waals surface area (Å²) in [5, 5.41) is 49.6. The Morgan fingerprint density at radius 2 is 1.64 bits per heavy atom. The molecule has 2 aliphatic rings. The van der Waals surface area contributed by atoms with Gasteiger partial charge < -0.3 is 15.3 Å². The van der Waals surface area contributed by atoms with Crippen LogP contribution in [0.4, 0.5) is 0 Å². The minimum Gasteiger partial charge on any atom is -0.477 e. The maximum absolute atomic E-state index is 12.4. The lowest BCUT2D eigenvalue weighted by atomic mass is 9.90. The molecule has 1 amide bonds. The predicted molar refractivity (Wildman–Crippen MR) is 118 cm³/mol. The Kier molecular flexibility index (Phi) is 5.96. The highest BCUT2D eigenvalue weighted by atomic mass is 32.2. The molecular formula is C24H19N3O5S. The first-order chi connectivity index (χ1) is 15.8. The van der Waals surface area contributed by atoms with Crippen LogP contribution in [0.3, 0.4) is 0 Å². The summed E-state index contributed by atoms with van der Waals surface area (Å²) in [5.74, 6) is -1.65. The second-order valence-electron chi connectivity index (χ2n) is 7.95. The number of aliphatic hydroxyl groups excluding tert-OH is 2. The van der Waals surface area contributed by atoms with Gasteiger partial charge in [-0.1, -0.05) is 36.0 Å². The van der Waals surface area contributed by atoms with Crippen molar-refractivity contribution in [3.63, 3.8) is 0 Å². The molecule has 0 saturated carbocycles. The van der Waals surface area contributed by atoms with Crippen LogP contribution in [0.25, 0.3) is 0 Å². The van der Waals surface area contributed by atoms with Crippen LogP contribution in [-0.2, 0) is 9.59 Å². The molecule has 2 aromatic carbocycles. The van der Waals surface area contributed by atoms with E-state index in [1.165, 1.54) is 22.7 Å². The minimum absolute atomic E-state index is 0.0486. The number of thioether (sulfide) groups is 1. The lowest BCUT2D eigenvalue weighted by Gasteiger charge is -2.47. The second-order valence-corrected chi connectivity index (χ2v) is 9.40. The predicted octanol–water partition coefficient (Wildman–Crippen LogP) is 2.95. The quantitative estimate of drug-likeness (QED) is 0.534. The summed E-state index contributed by atoms with van der Waals surface area (Å²) in [6.07, 6.45) is -2.02. The third-order valence-corrected chi connectivity index (χ3v) is 7.26. The van der Waals surface area contributed by atoms with Gasteiger partial charge in [0.05, 0.1) is 41.9 Å². The van der Waals surface area contributed by atoms with Crippen molar-refractivity contribution in [2.24, 2.45) is 0 Å². The first-order valence-electron chi connectivity index (χ1n) is 10.1. The number of nitrogens with zero attached hydrogens (tertiary/aromatic N) is 3. The molecule has 0 spiro atoms. The van der Waals surface area contributed by atoms with Gasteiger partial charge in [-0.3, -0.25) is 9.69 Å². The van der Waals surface area contributed by atoms with Crippen LogP contribution in [0.5, 0.6) is 0 Å². The fourth-order valence-electron chi connectivity index (χ4n) is 4.25. The van der Waals surface area contributed by atoms with E-state index in [2.05, 4.69) is 0 Å². The Morgan fingerprint density at radius 3 is 2.15 bits per heavy atom. The van der Waals surface area contributed by atoms with Crippen LogP contribution < -0.4 is 0 Å². The molecular weight excluding hydrogens is 442 g/mol. The topological polar surface area (TPSA) is 146 Å². The van der Waals surface area contributed by atoms with Crippen LogP contribution >= 0.6 is 11.8 Å². The number of aliphatic carboxylic acids is 1. The average Bonchev–Trinajstić information content (AvgIpc) is 3.06. The number of fused-ring (bicyclic) bond motifs is 1. The van der Waals surface area contributed by atoms with E-state index in [1.807, 2.05) is 12.1 Å². The van der Waals surface area contributed by atoms with Gasteiger partial charge in [0, 0.05) is 17.7 Å². The van der Waals surface area contributed by atoms with Gasteiger partial charge in [-0.05, 0) is 35.4 Å². The van der Waals surface area contributed by atoms with Gasteiger partial charge in [0.25, 0.3) is 0 Å². The van der Waals surface area contributed by atoms with Gasteiger partial charge in [-0.25, -0.2) is 4.79 Å². The number of nitriles is 2. The molecule has 1 fully saturated rings. The van der Waals surface area contributed by atoms with E-state index < -0.39 is 23.0 Å². The zero-order valence-corrected chi connectivity index (χ0v) is 18.1. The number of hydrogen-bond donors (Lipinski definition) is 3. The zero-order chi connectivity index (χ0) is 23.8. The van der Waals surface area contributed by atoms with Gasteiger partial charge in [-0.15, -0.1) is 0 Å². The number of amides is 1. The number of β-lactam (4-membered cyclic amide) rings is 1. The Morgan fingerprint density at radius 1 is 1.06 bits per heavy atom. The van der Waals surface area contributed by atoms with Crippen molar-refractivity contribution in [2.75, 3.05) is 0 Å². The molecule has 3 N–H and O–H groups in total. The van der Waals surface area contributed by atoms with Crippen molar-refractivity contribution < 1.29 is 24.9 Å². The number of carbonyl (C=O) groups is 2. The highest BCUT2D eigenvalue weighted by molar-refractivity contribution is 8.04. The largest absolute Gasteiger partial charge is 0.477 e. The summed E-state index contributed by atoms with van der Waals surface area (Å²) in [6.45, 7) is 0. The summed E-state index contributed by atoms with van der Waals surface area (Å²) in [4.78, 5) is 25.0. The van der Waals surface area contributed by atoms with E-state index in [-0.39, 0.29) is 30.9 Å². The van der Waals surface area contributed by atoms with Gasteiger partial charge in [-0.2, -0.15) is 10.5 Å². The van der Waals surface area contributed by atoms with Crippen LogP contribution in [0.15, 0.2) is 59.1 Å². The molecule has 9 heteroatoms. The number of hydrogen-bond acceptors (Lipinski definition) is 7. The van der Waals surface area contributed by atoms with Crippen molar-refractivity contribution in [2.45, 2.75) is 36.3 Å². The SMILES string of the molecule is N#Cc1cccc([C@@H](O)CC2=C(C(=O)O)N3C(=O)CC3(C[C@H](O)c3cccc(C#N)c3)S2)c1. The number of carboxylic acid groups (broad SMARTS) is 1. The molecule has 8 nitrogen and oxygen atoms in total. The molecule has 0 aliphatic carbocycles. The average molecular weight is 461 g/mol. The molecule has 0 radical (unpaired) electrons. The molecule has 0 aromatic heterocycles. The number of rotatable bonds is 7. The molecule has 1 saturated heterocycles. The van der Waals surface area contributed by atoms with Crippen molar-refractivity contribution in [3.05, 3.63) is 81.4 Å². The van der Waals surface area contributed by atoms with Gasteiger partial charge >= 0.3 is 5.97 Å². The Balaban J connectivity index is 1.60. The molecule has 166 valence electrons. The van der Waals surface area contributed by atoms with E-state index in [1.54, 1.807) is 42.5 Å². The molecule has 4 rings (SSSR count). The minimum atomic E-state index is -1.29. The highest BCUT2D eigenvalue weighted by Crippen LogP contribution is 2.59. The lowest BCUT2D eigenvalue weighted by molar-refractivity contribution is -0.152. The van der Waals surface area contributed by atoms with Crippen molar-refractivity contribution in [1.82, 2.24) is 4.90 Å². The number of aliphatic hydroxyl groups is 2. The van der Waals surface area contributed by atoms with E-state index in [0.717, 1.165) is 0 Å². The highest BCUT2D eigenvalue weighted by Gasteiger charge is 2.60. The van der Waals surface area contributed by atoms with E-state index >= 15 is 0 Å². The molecule has 2 heterocycles. The maximum Gasteiger partial charge on any atom is 0.353 e. The molecule has 3 atom stereocenters. The fraction of sp³-hybridized carbons (Fsp3) is 0.250. The van der Waals surface area contributed by atoms with Crippen LogP contribution in [0.2, 0.25) is 0 Å². The summed E-state index contributed by atoms with van der Waals surface area (Å²) < 4.78 is 0. The molecule has 1 unspecified atom stereocenters. The number of carboxylic acids is 1. The van der Waals surface area contributed by atoms with Crippen molar-refractivity contribution in [3.8, 4) is 12.1 Å². The summed E-state index contributed by atoms with van der Waals surface area (Å²) in [5.41, 5.74) is 1.54. The van der Waals surface area contributed by atoms with Crippen LogP contribution in [-0.4, -0.2) is 37.0 Å². The molecule has 33 heavy (non-hydrogen) atoms. The zero-order valence-electron chi connectivity index (χ0n) is 17.3. The second kappa shape index (κ2) is 8.72. The summed E-state index contributed by atoms with van der Waals surface area (Å²) in [7, 11) is 0. The number of benzene rings is 2. The monoisotopic (exact) mass is 461 g/mol. The normalized spacial score (nSPS) is 21.0. The Bertz CT molecular complexity index is 1260. The van der Waals surface area contributed by atoms with E-state index in [4.69, 9.17) is 10.5 Å².